The van der Waals surface area contributed by atoms with E-state index in [9.17, 15) is 9.18 Å². The molecule has 0 N–H and O–H groups in total. The molecule has 29 heavy (non-hydrogen) atoms. The molecule has 0 bridgehead atoms. The van der Waals surface area contributed by atoms with Crippen LogP contribution in [0.4, 0.5) is 4.39 Å². The molecule has 0 unspecified atom stereocenters. The van der Waals surface area contributed by atoms with Gasteiger partial charge in [0.25, 0.3) is 0 Å². The molecule has 0 atom stereocenters. The molecule has 0 fully saturated rings. The molecule has 0 aliphatic rings. The molecular formula is C21H18ClFN4O2. The number of halogens is 2. The highest BCUT2D eigenvalue weighted by atomic mass is 35.5. The van der Waals surface area contributed by atoms with Crippen LogP contribution in [0, 0.1) is 12.7 Å². The number of hydrogen-bond acceptors (Lipinski definition) is 4. The van der Waals surface area contributed by atoms with E-state index in [0.29, 0.717) is 22.8 Å². The molecule has 0 aliphatic heterocycles. The van der Waals surface area contributed by atoms with Crippen molar-refractivity contribution in [2.45, 2.75) is 20.4 Å². The van der Waals surface area contributed by atoms with Crippen molar-refractivity contribution < 1.29 is 13.9 Å². The fourth-order valence-electron chi connectivity index (χ4n) is 3.16. The number of nitrogens with zero attached hydrogens (tertiary/aromatic N) is 4. The molecule has 3 heterocycles. The normalized spacial score (nSPS) is 11.2. The van der Waals surface area contributed by atoms with Gasteiger partial charge in [-0.3, -0.25) is 4.68 Å². The van der Waals surface area contributed by atoms with E-state index in [1.807, 2.05) is 13.0 Å². The summed E-state index contributed by atoms with van der Waals surface area (Å²) in [5.74, 6) is -0.783. The fourth-order valence-corrected chi connectivity index (χ4v) is 3.40. The lowest BCUT2D eigenvalue weighted by atomic mass is 10.1. The summed E-state index contributed by atoms with van der Waals surface area (Å²) in [5, 5.41) is 9.52. The number of esters is 1. The van der Waals surface area contributed by atoms with Gasteiger partial charge in [0, 0.05) is 16.3 Å². The Morgan fingerprint density at radius 3 is 2.76 bits per heavy atom. The Bertz CT molecular complexity index is 1210. The smallest absolute Gasteiger partial charge is 0.358 e. The summed E-state index contributed by atoms with van der Waals surface area (Å²) in [6.07, 6.45) is 0. The number of fused-ring (bicyclic) bond motifs is 1. The molecule has 6 nitrogen and oxygen atoms in total. The molecular weight excluding hydrogens is 395 g/mol. The van der Waals surface area contributed by atoms with Crippen molar-refractivity contribution in [1.82, 2.24) is 19.4 Å². The van der Waals surface area contributed by atoms with Crippen LogP contribution in [0.15, 0.2) is 48.5 Å². The molecule has 0 saturated carbocycles. The van der Waals surface area contributed by atoms with Crippen molar-refractivity contribution in [2.75, 3.05) is 6.61 Å². The number of pyridine rings is 1. The van der Waals surface area contributed by atoms with E-state index in [1.54, 1.807) is 46.5 Å². The molecule has 0 spiro atoms. The lowest BCUT2D eigenvalue weighted by Gasteiger charge is -2.08. The van der Waals surface area contributed by atoms with Crippen molar-refractivity contribution in [2.24, 2.45) is 0 Å². The first kappa shape index (κ1) is 19.1. The summed E-state index contributed by atoms with van der Waals surface area (Å²) < 4.78 is 22.1. The summed E-state index contributed by atoms with van der Waals surface area (Å²) in [7, 11) is 0. The fraction of sp³-hybridized carbons (Fsp3) is 0.190. The van der Waals surface area contributed by atoms with Crippen LogP contribution >= 0.6 is 11.6 Å². The molecule has 8 heteroatoms. The van der Waals surface area contributed by atoms with Crippen LogP contribution in [0.5, 0.6) is 0 Å². The first-order valence-electron chi connectivity index (χ1n) is 9.10. The van der Waals surface area contributed by atoms with Gasteiger partial charge < -0.3 is 4.74 Å². The highest BCUT2D eigenvalue weighted by Crippen LogP contribution is 2.24. The largest absolute Gasteiger partial charge is 0.461 e. The Hall–Kier alpha value is -3.19. The minimum atomic E-state index is -0.460. The Balaban J connectivity index is 1.73. The minimum Gasteiger partial charge on any atom is -0.461 e. The van der Waals surface area contributed by atoms with Gasteiger partial charge in [0.15, 0.2) is 5.69 Å². The number of rotatable bonds is 5. The van der Waals surface area contributed by atoms with E-state index in [-0.39, 0.29) is 18.1 Å². The lowest BCUT2D eigenvalue weighted by Crippen LogP contribution is -2.11. The third kappa shape index (κ3) is 3.86. The predicted molar refractivity (Wildman–Crippen MR) is 108 cm³/mol. The summed E-state index contributed by atoms with van der Waals surface area (Å²) in [5.41, 5.74) is 3.93. The van der Waals surface area contributed by atoms with E-state index in [1.165, 1.54) is 12.1 Å². The summed E-state index contributed by atoms with van der Waals surface area (Å²) in [6.45, 7) is 4.25. The molecule has 3 aromatic heterocycles. The van der Waals surface area contributed by atoms with Crippen molar-refractivity contribution in [3.63, 3.8) is 0 Å². The van der Waals surface area contributed by atoms with E-state index >= 15 is 0 Å². The van der Waals surface area contributed by atoms with E-state index in [2.05, 4.69) is 10.2 Å². The number of carbonyl (C=O) groups is 1. The third-order valence-electron chi connectivity index (χ3n) is 4.50. The van der Waals surface area contributed by atoms with Crippen molar-refractivity contribution in [3.8, 4) is 11.3 Å². The van der Waals surface area contributed by atoms with E-state index < -0.39 is 5.97 Å². The zero-order valence-electron chi connectivity index (χ0n) is 15.9. The van der Waals surface area contributed by atoms with E-state index in [4.69, 9.17) is 16.3 Å². The van der Waals surface area contributed by atoms with Gasteiger partial charge in [-0.15, -0.1) is 0 Å². The maximum absolute atomic E-state index is 13.6. The summed E-state index contributed by atoms with van der Waals surface area (Å²) in [6, 6.07) is 13.4. The van der Waals surface area contributed by atoms with Gasteiger partial charge in [0.2, 0.25) is 0 Å². The molecule has 1 aromatic carbocycles. The van der Waals surface area contributed by atoms with Crippen LogP contribution in [0.25, 0.3) is 16.8 Å². The van der Waals surface area contributed by atoms with Crippen LogP contribution < -0.4 is 0 Å². The van der Waals surface area contributed by atoms with Crippen molar-refractivity contribution >= 4 is 23.1 Å². The average Bonchev–Trinajstić information content (AvgIpc) is 3.26. The van der Waals surface area contributed by atoms with Crippen LogP contribution in [-0.4, -0.2) is 32.0 Å². The summed E-state index contributed by atoms with van der Waals surface area (Å²) in [4.78, 5) is 11.9. The van der Waals surface area contributed by atoms with Crippen LogP contribution in [0.3, 0.4) is 0 Å². The number of aryl methyl sites for hydroxylation is 1. The van der Waals surface area contributed by atoms with Crippen molar-refractivity contribution in [3.05, 3.63) is 76.5 Å². The number of carbonyl (C=O) groups excluding carboxylic acids is 1. The van der Waals surface area contributed by atoms with Crippen LogP contribution in [-0.2, 0) is 11.3 Å². The Morgan fingerprint density at radius 1 is 1.17 bits per heavy atom. The van der Waals surface area contributed by atoms with Gasteiger partial charge in [-0.1, -0.05) is 23.7 Å². The standard InChI is InChI=1S/C21H18ClFN4O2/c1-3-29-21(28)20-7-13(2)26(24-20)12-18-10-15(22)9-17-11-19(25-27(17)18)14-5-4-6-16(23)8-14/h4-11H,3,12H2,1-2H3. The van der Waals surface area contributed by atoms with Crippen molar-refractivity contribution in [1.29, 1.82) is 0 Å². The molecule has 0 amide bonds. The molecule has 4 aromatic rings. The highest BCUT2D eigenvalue weighted by molar-refractivity contribution is 6.31. The second kappa shape index (κ2) is 7.67. The first-order chi connectivity index (χ1) is 13.9. The second-order valence-corrected chi connectivity index (χ2v) is 7.03. The topological polar surface area (TPSA) is 61.4 Å². The van der Waals surface area contributed by atoms with Crippen LogP contribution in [0.1, 0.15) is 28.8 Å². The molecule has 148 valence electrons. The first-order valence-corrected chi connectivity index (χ1v) is 9.48. The Labute approximate surface area is 171 Å². The third-order valence-corrected chi connectivity index (χ3v) is 4.72. The van der Waals surface area contributed by atoms with Gasteiger partial charge >= 0.3 is 5.97 Å². The van der Waals surface area contributed by atoms with Gasteiger partial charge in [0.05, 0.1) is 30.1 Å². The van der Waals surface area contributed by atoms with Crippen LogP contribution in [0.2, 0.25) is 5.02 Å². The predicted octanol–water partition coefficient (Wildman–Crippen LogP) is 4.52. The molecule has 4 rings (SSSR count). The summed E-state index contributed by atoms with van der Waals surface area (Å²) >= 11 is 6.30. The highest BCUT2D eigenvalue weighted by Gasteiger charge is 2.15. The molecule has 0 saturated heterocycles. The minimum absolute atomic E-state index is 0.253. The molecule has 0 aliphatic carbocycles. The maximum atomic E-state index is 13.6. The average molecular weight is 413 g/mol. The Morgan fingerprint density at radius 2 is 2.00 bits per heavy atom. The van der Waals surface area contributed by atoms with Gasteiger partial charge in [-0.25, -0.2) is 13.7 Å². The number of hydrogen-bond donors (Lipinski definition) is 0. The van der Waals surface area contributed by atoms with Gasteiger partial charge in [0.1, 0.15) is 5.82 Å². The molecule has 0 radical (unpaired) electrons. The SMILES string of the molecule is CCOC(=O)c1cc(C)n(Cc2cc(Cl)cc3cc(-c4cccc(F)c4)nn23)n1. The second-order valence-electron chi connectivity index (χ2n) is 6.59. The quantitative estimate of drug-likeness (QED) is 0.452. The van der Waals surface area contributed by atoms with E-state index in [0.717, 1.165) is 16.9 Å². The van der Waals surface area contributed by atoms with Gasteiger partial charge in [-0.05, 0) is 50.2 Å². The zero-order chi connectivity index (χ0) is 20.5. The monoisotopic (exact) mass is 412 g/mol. The number of ether oxygens (including phenoxy) is 1. The van der Waals surface area contributed by atoms with Gasteiger partial charge in [-0.2, -0.15) is 10.2 Å². The number of aromatic nitrogens is 4. The zero-order valence-corrected chi connectivity index (χ0v) is 16.7. The number of benzene rings is 1. The Kier molecular flexibility index (Phi) is 5.07. The maximum Gasteiger partial charge on any atom is 0.358 e. The lowest BCUT2D eigenvalue weighted by molar-refractivity contribution is 0.0518.